The summed E-state index contributed by atoms with van der Waals surface area (Å²) in [4.78, 5) is 0. The van der Waals surface area contributed by atoms with Gasteiger partial charge in [-0.15, -0.1) is 0 Å². The van der Waals surface area contributed by atoms with E-state index in [1.165, 1.54) is 71.2 Å². The molecule has 0 fully saturated rings. The third-order valence-electron chi connectivity index (χ3n) is 7.59. The third-order valence-corrected chi connectivity index (χ3v) is 8.59. The highest BCUT2D eigenvalue weighted by atomic mass is 127. The van der Waals surface area contributed by atoms with Crippen LogP contribution in [0, 0.1) is 0 Å². The first-order valence-corrected chi connectivity index (χ1v) is 13.5. The largest absolute Gasteiger partial charge is 0.309 e. The number of fused-ring (bicyclic) bond motifs is 10. The lowest BCUT2D eigenvalue weighted by molar-refractivity contribution is 1.19. The van der Waals surface area contributed by atoms with E-state index in [9.17, 15) is 0 Å². The van der Waals surface area contributed by atoms with Crippen molar-refractivity contribution in [3.63, 3.8) is 0 Å². The molecule has 0 atom stereocenters. The molecule has 0 bridgehead atoms. The van der Waals surface area contributed by atoms with Gasteiger partial charge in [-0.05, 0) is 35.4 Å². The van der Waals surface area contributed by atoms with Crippen molar-refractivity contribution < 1.29 is 0 Å². The van der Waals surface area contributed by atoms with Gasteiger partial charge < -0.3 is 4.57 Å². The van der Waals surface area contributed by atoms with Gasteiger partial charge >= 0.3 is 0 Å². The molecule has 2 nitrogen and oxygen atoms in total. The molecule has 2 aromatic heterocycles. The van der Waals surface area contributed by atoms with Crippen LogP contribution in [0.3, 0.4) is 0 Å². The zero-order valence-electron chi connectivity index (χ0n) is 19.9. The molecule has 37 heavy (non-hydrogen) atoms. The first kappa shape index (κ1) is 21.0. The van der Waals surface area contributed by atoms with E-state index in [2.05, 4.69) is 158 Å². The molecule has 0 unspecified atom stereocenters. The fraction of sp³-hybridized carbons (Fsp3) is 0. The van der Waals surface area contributed by atoms with E-state index in [0.717, 1.165) is 0 Å². The normalized spacial score (nSPS) is 11.9. The molecule has 0 saturated carbocycles. The van der Waals surface area contributed by atoms with E-state index >= 15 is 0 Å². The minimum Gasteiger partial charge on any atom is -0.309 e. The van der Waals surface area contributed by atoms with Crippen LogP contribution in [0.5, 0.6) is 0 Å². The molecule has 0 amide bonds. The predicted molar refractivity (Wildman–Crippen MR) is 166 cm³/mol. The molecular weight excluding hydrogens is 563 g/mol. The zero-order chi connectivity index (χ0) is 24.5. The molecule has 0 N–H and O–H groups in total. The second-order valence-electron chi connectivity index (χ2n) is 9.56. The minimum atomic E-state index is 1.18. The van der Waals surface area contributed by atoms with Gasteiger partial charge in [-0.3, -0.25) is 2.78 Å². The standard InChI is InChI=1S/C34H21IN2/c35-37-30-20-9-7-18-28(30)32-31-27-17-6-8-19-29(27)36(33(31)25-15-4-5-16-26(25)34(32)37)24-14-10-13-23(21-24)22-11-2-1-3-12-22/h1-21H. The molecule has 2 heterocycles. The van der Waals surface area contributed by atoms with Gasteiger partial charge in [-0.1, -0.05) is 103 Å². The van der Waals surface area contributed by atoms with Crippen molar-refractivity contribution in [3.05, 3.63) is 127 Å². The van der Waals surface area contributed by atoms with E-state index in [1.807, 2.05) is 0 Å². The third kappa shape index (κ3) is 2.92. The Bertz CT molecular complexity index is 2150. The van der Waals surface area contributed by atoms with Crippen LogP contribution in [-0.4, -0.2) is 7.35 Å². The Morgan fingerprint density at radius 2 is 0.973 bits per heavy atom. The fourth-order valence-electron chi connectivity index (χ4n) is 6.06. The molecule has 8 aromatic rings. The van der Waals surface area contributed by atoms with Crippen molar-refractivity contribution in [2.75, 3.05) is 0 Å². The number of hydrogen-bond acceptors (Lipinski definition) is 0. The summed E-state index contributed by atoms with van der Waals surface area (Å²) in [6.07, 6.45) is 0. The summed E-state index contributed by atoms with van der Waals surface area (Å²) >= 11 is 2.48. The number of para-hydroxylation sites is 2. The van der Waals surface area contributed by atoms with Gasteiger partial charge in [-0.2, -0.15) is 0 Å². The first-order valence-electron chi connectivity index (χ1n) is 12.5. The van der Waals surface area contributed by atoms with Crippen molar-refractivity contribution in [2.45, 2.75) is 0 Å². The molecule has 0 saturated heterocycles. The van der Waals surface area contributed by atoms with E-state index < -0.39 is 0 Å². The van der Waals surface area contributed by atoms with E-state index in [-0.39, 0.29) is 0 Å². The summed E-state index contributed by atoms with van der Waals surface area (Å²) in [6, 6.07) is 46.1. The summed E-state index contributed by atoms with van der Waals surface area (Å²) in [6.45, 7) is 0. The van der Waals surface area contributed by atoms with Crippen molar-refractivity contribution in [2.24, 2.45) is 0 Å². The summed E-state index contributed by atoms with van der Waals surface area (Å²) in [5, 5.41) is 7.77. The van der Waals surface area contributed by atoms with Crippen molar-refractivity contribution in [3.8, 4) is 16.8 Å². The number of halogens is 1. The van der Waals surface area contributed by atoms with Crippen LogP contribution >= 0.6 is 22.9 Å². The monoisotopic (exact) mass is 584 g/mol. The Balaban J connectivity index is 1.63. The molecule has 8 rings (SSSR count). The van der Waals surface area contributed by atoms with Crippen molar-refractivity contribution in [1.29, 1.82) is 0 Å². The summed E-state index contributed by atoms with van der Waals surface area (Å²) in [5.41, 5.74) is 8.65. The van der Waals surface area contributed by atoms with Crippen LogP contribution in [-0.2, 0) is 0 Å². The lowest BCUT2D eigenvalue weighted by Crippen LogP contribution is -1.95. The molecular formula is C34H21IN2. The van der Waals surface area contributed by atoms with Crippen LogP contribution in [0.4, 0.5) is 0 Å². The molecule has 0 aliphatic heterocycles. The molecule has 6 aromatic carbocycles. The maximum absolute atomic E-state index is 2.48. The summed E-state index contributed by atoms with van der Waals surface area (Å²) in [7, 11) is 0. The summed E-state index contributed by atoms with van der Waals surface area (Å²) in [5.74, 6) is 0. The molecule has 3 heteroatoms. The topological polar surface area (TPSA) is 9.86 Å². The SMILES string of the molecule is In1c2ccccc2c2c3c4ccccc4n(-c4cccc(-c5ccccc5)c4)c3c3ccccc3c21. The molecule has 0 spiro atoms. The molecule has 0 radical (unpaired) electrons. The van der Waals surface area contributed by atoms with E-state index in [1.54, 1.807) is 0 Å². The predicted octanol–water partition coefficient (Wildman–Crippen LogP) is 9.91. The first-order chi connectivity index (χ1) is 18.3. The Morgan fingerprint density at radius 3 is 1.73 bits per heavy atom. The number of hydrogen-bond donors (Lipinski definition) is 0. The van der Waals surface area contributed by atoms with Gasteiger partial charge in [0.2, 0.25) is 0 Å². The molecule has 174 valence electrons. The number of aromatic nitrogens is 2. The second-order valence-corrected chi connectivity index (χ2v) is 10.5. The minimum absolute atomic E-state index is 1.18. The van der Waals surface area contributed by atoms with Gasteiger partial charge in [0.05, 0.1) is 44.9 Å². The maximum atomic E-state index is 2.48. The number of nitrogens with zero attached hydrogens (tertiary/aromatic N) is 2. The number of benzene rings is 6. The zero-order valence-corrected chi connectivity index (χ0v) is 22.1. The van der Waals surface area contributed by atoms with Gasteiger partial charge in [0, 0.05) is 38.0 Å². The highest BCUT2D eigenvalue weighted by Gasteiger charge is 2.22. The van der Waals surface area contributed by atoms with E-state index in [0.29, 0.717) is 0 Å². The van der Waals surface area contributed by atoms with Crippen molar-refractivity contribution >= 4 is 77.2 Å². The van der Waals surface area contributed by atoms with Gasteiger partial charge in [0.25, 0.3) is 0 Å². The van der Waals surface area contributed by atoms with Gasteiger partial charge in [-0.25, -0.2) is 0 Å². The lowest BCUT2D eigenvalue weighted by atomic mass is 9.99. The second kappa shape index (κ2) is 7.95. The van der Waals surface area contributed by atoms with Crippen LogP contribution in [0.2, 0.25) is 0 Å². The quantitative estimate of drug-likeness (QED) is 0.179. The smallest absolute Gasteiger partial charge is 0.0676 e. The summed E-state index contributed by atoms with van der Waals surface area (Å²) < 4.78 is 4.81. The molecule has 0 aliphatic carbocycles. The van der Waals surface area contributed by atoms with Crippen LogP contribution in [0.25, 0.3) is 71.2 Å². The Kier molecular flexibility index (Phi) is 4.52. The number of rotatable bonds is 2. The van der Waals surface area contributed by atoms with E-state index in [4.69, 9.17) is 0 Å². The highest BCUT2D eigenvalue weighted by Crippen LogP contribution is 2.46. The van der Waals surface area contributed by atoms with Crippen LogP contribution in [0.15, 0.2) is 127 Å². The average Bonchev–Trinajstić information content (AvgIpc) is 3.47. The highest BCUT2D eigenvalue weighted by molar-refractivity contribution is 14.1. The Labute approximate surface area is 227 Å². The van der Waals surface area contributed by atoms with Crippen LogP contribution in [0.1, 0.15) is 0 Å². The average molecular weight is 584 g/mol. The van der Waals surface area contributed by atoms with Crippen molar-refractivity contribution in [1.82, 2.24) is 7.35 Å². The maximum Gasteiger partial charge on any atom is 0.0676 e. The Morgan fingerprint density at radius 1 is 0.432 bits per heavy atom. The fourth-order valence-corrected chi connectivity index (χ4v) is 6.99. The lowest BCUT2D eigenvalue weighted by Gasteiger charge is -2.13. The molecule has 0 aliphatic rings. The van der Waals surface area contributed by atoms with Gasteiger partial charge in [0.15, 0.2) is 0 Å². The Hall–Kier alpha value is -4.09. The van der Waals surface area contributed by atoms with Crippen LogP contribution < -0.4 is 0 Å². The van der Waals surface area contributed by atoms with Gasteiger partial charge in [0.1, 0.15) is 0 Å².